The van der Waals surface area contributed by atoms with Gasteiger partial charge in [0.05, 0.1) is 5.56 Å². The van der Waals surface area contributed by atoms with E-state index in [0.29, 0.717) is 16.9 Å². The first-order valence-electron chi connectivity index (χ1n) is 11.8. The van der Waals surface area contributed by atoms with Gasteiger partial charge in [-0.15, -0.1) is 0 Å². The zero-order chi connectivity index (χ0) is 26.2. The minimum Gasteiger partial charge on any atom is -0.488 e. The van der Waals surface area contributed by atoms with E-state index in [2.05, 4.69) is 10.6 Å². The van der Waals surface area contributed by atoms with E-state index in [1.165, 1.54) is 24.3 Å². The number of ether oxygens (including phenoxy) is 1. The van der Waals surface area contributed by atoms with Crippen molar-refractivity contribution in [3.05, 3.63) is 136 Å². The van der Waals surface area contributed by atoms with Crippen molar-refractivity contribution in [3.8, 4) is 5.75 Å². The number of rotatable bonds is 9. The minimum absolute atomic E-state index is 0.205. The van der Waals surface area contributed by atoms with E-state index in [-0.39, 0.29) is 48.7 Å². The summed E-state index contributed by atoms with van der Waals surface area (Å²) in [7, 11) is 0. The van der Waals surface area contributed by atoms with Crippen LogP contribution < -0.4 is 15.4 Å². The van der Waals surface area contributed by atoms with Crippen LogP contribution in [0.25, 0.3) is 0 Å². The molecule has 0 aliphatic heterocycles. The van der Waals surface area contributed by atoms with Crippen molar-refractivity contribution in [1.82, 2.24) is 10.6 Å². The van der Waals surface area contributed by atoms with Gasteiger partial charge in [-0.05, 0) is 60.0 Å². The molecule has 0 spiro atoms. The summed E-state index contributed by atoms with van der Waals surface area (Å²) in [4.78, 5) is 26.1. The lowest BCUT2D eigenvalue weighted by molar-refractivity contribution is 0.0934. The number of benzene rings is 4. The average molecular weight is 501 g/mol. The highest BCUT2D eigenvalue weighted by Gasteiger charge is 2.21. The summed E-state index contributed by atoms with van der Waals surface area (Å²) >= 11 is 0. The van der Waals surface area contributed by atoms with Gasteiger partial charge in [0.2, 0.25) is 0 Å². The summed E-state index contributed by atoms with van der Waals surface area (Å²) in [5, 5.41) is 5.66. The number of carbonyl (C=O) groups is 2. The van der Waals surface area contributed by atoms with Gasteiger partial charge in [0.15, 0.2) is 0 Å². The van der Waals surface area contributed by atoms with Crippen LogP contribution in [0.5, 0.6) is 5.75 Å². The summed E-state index contributed by atoms with van der Waals surface area (Å²) in [6, 6.07) is 24.4. The molecule has 0 aliphatic rings. The largest absolute Gasteiger partial charge is 0.488 e. The van der Waals surface area contributed by atoms with Crippen molar-refractivity contribution in [2.24, 2.45) is 0 Å². The van der Waals surface area contributed by atoms with Crippen LogP contribution in [-0.2, 0) is 19.7 Å². The number of carbonyl (C=O) groups excluding carboxylic acids is 2. The Morgan fingerprint density at radius 2 is 1.14 bits per heavy atom. The molecular weight excluding hydrogens is 474 g/mol. The fourth-order valence-electron chi connectivity index (χ4n) is 3.79. The average Bonchev–Trinajstić information content (AvgIpc) is 2.92. The first kappa shape index (κ1) is 25.6. The van der Waals surface area contributed by atoms with E-state index in [4.69, 9.17) is 4.74 Å². The summed E-state index contributed by atoms with van der Waals surface area (Å²) in [5.41, 5.74) is 3.57. The number of nitrogens with one attached hydrogen (secondary N) is 2. The van der Waals surface area contributed by atoms with Crippen molar-refractivity contribution in [3.63, 3.8) is 0 Å². The SMILES string of the molecule is Cc1c(C(=O)NCc2ccc(F)cc2)ccc(C(=O)NCc2ccc(F)cc2)c1OCc1ccccc1. The topological polar surface area (TPSA) is 67.4 Å². The number of hydrogen-bond acceptors (Lipinski definition) is 3. The maximum Gasteiger partial charge on any atom is 0.255 e. The van der Waals surface area contributed by atoms with Crippen LogP contribution in [0.15, 0.2) is 91.0 Å². The molecule has 0 aromatic heterocycles. The summed E-state index contributed by atoms with van der Waals surface area (Å²) < 4.78 is 32.4. The molecule has 4 aromatic carbocycles. The molecule has 188 valence electrons. The van der Waals surface area contributed by atoms with Crippen molar-refractivity contribution in [2.75, 3.05) is 0 Å². The smallest absolute Gasteiger partial charge is 0.255 e. The molecule has 2 N–H and O–H groups in total. The maximum absolute atomic E-state index is 13.2. The molecule has 0 unspecified atom stereocenters. The lowest BCUT2D eigenvalue weighted by Gasteiger charge is -2.17. The normalized spacial score (nSPS) is 10.6. The molecule has 0 radical (unpaired) electrons. The first-order chi connectivity index (χ1) is 17.9. The van der Waals surface area contributed by atoms with Crippen LogP contribution in [0.4, 0.5) is 8.78 Å². The minimum atomic E-state index is -0.381. The second-order valence-electron chi connectivity index (χ2n) is 8.51. The van der Waals surface area contributed by atoms with Gasteiger partial charge in [0, 0.05) is 24.2 Å². The third kappa shape index (κ3) is 6.79. The van der Waals surface area contributed by atoms with Gasteiger partial charge in [-0.3, -0.25) is 9.59 Å². The van der Waals surface area contributed by atoms with Gasteiger partial charge >= 0.3 is 0 Å². The Labute approximate surface area is 214 Å². The van der Waals surface area contributed by atoms with Gasteiger partial charge in [-0.1, -0.05) is 54.6 Å². The third-order valence-electron chi connectivity index (χ3n) is 5.85. The standard InChI is InChI=1S/C30H26F2N2O3/c1-20-26(29(35)33-17-21-7-11-24(31)12-8-21)15-16-27(28(20)37-19-23-5-3-2-4-6-23)30(36)34-18-22-9-13-25(32)14-10-22/h2-16H,17-19H2,1H3,(H,33,35)(H,34,36). The highest BCUT2D eigenvalue weighted by atomic mass is 19.1. The van der Waals surface area contributed by atoms with E-state index in [9.17, 15) is 18.4 Å². The number of amides is 2. The third-order valence-corrected chi connectivity index (χ3v) is 5.85. The van der Waals surface area contributed by atoms with Crippen LogP contribution in [0.1, 0.15) is 43.0 Å². The molecule has 2 amide bonds. The van der Waals surface area contributed by atoms with Crippen molar-refractivity contribution < 1.29 is 23.1 Å². The molecule has 0 aliphatic carbocycles. The molecule has 4 rings (SSSR count). The van der Waals surface area contributed by atoms with E-state index >= 15 is 0 Å². The van der Waals surface area contributed by atoms with Gasteiger partial charge in [0.1, 0.15) is 24.0 Å². The predicted octanol–water partition coefficient (Wildman–Crippen LogP) is 5.71. The van der Waals surface area contributed by atoms with Crippen LogP contribution in [0.3, 0.4) is 0 Å². The van der Waals surface area contributed by atoms with Crippen LogP contribution in [0.2, 0.25) is 0 Å². The van der Waals surface area contributed by atoms with E-state index in [1.54, 1.807) is 43.3 Å². The van der Waals surface area contributed by atoms with Gasteiger partial charge in [-0.25, -0.2) is 8.78 Å². The molecule has 5 nitrogen and oxygen atoms in total. The van der Waals surface area contributed by atoms with Crippen LogP contribution in [-0.4, -0.2) is 11.8 Å². The zero-order valence-corrected chi connectivity index (χ0v) is 20.3. The second kappa shape index (κ2) is 11.9. The summed E-state index contributed by atoms with van der Waals surface area (Å²) in [6.45, 7) is 2.36. The Morgan fingerprint density at radius 1 is 0.649 bits per heavy atom. The Hall–Kier alpha value is -4.52. The lowest BCUT2D eigenvalue weighted by Crippen LogP contribution is -2.26. The molecule has 0 bridgehead atoms. The van der Waals surface area contributed by atoms with Crippen LogP contribution in [0, 0.1) is 18.6 Å². The highest BCUT2D eigenvalue weighted by Crippen LogP contribution is 2.28. The van der Waals surface area contributed by atoms with E-state index in [0.717, 1.165) is 16.7 Å². The van der Waals surface area contributed by atoms with Gasteiger partial charge in [0.25, 0.3) is 11.8 Å². The monoisotopic (exact) mass is 500 g/mol. The quantitative estimate of drug-likeness (QED) is 0.309. The predicted molar refractivity (Wildman–Crippen MR) is 137 cm³/mol. The summed E-state index contributed by atoms with van der Waals surface area (Å²) in [5.74, 6) is -1.12. The molecule has 0 fully saturated rings. The maximum atomic E-state index is 13.2. The zero-order valence-electron chi connectivity index (χ0n) is 20.3. The van der Waals surface area contributed by atoms with Crippen LogP contribution >= 0.6 is 0 Å². The lowest BCUT2D eigenvalue weighted by atomic mass is 10.0. The molecule has 0 saturated carbocycles. The molecule has 0 heterocycles. The Balaban J connectivity index is 1.55. The molecular formula is C30H26F2N2O3. The molecule has 37 heavy (non-hydrogen) atoms. The molecule has 7 heteroatoms. The molecule has 0 atom stereocenters. The molecule has 4 aromatic rings. The van der Waals surface area contributed by atoms with E-state index < -0.39 is 0 Å². The highest BCUT2D eigenvalue weighted by molar-refractivity contribution is 6.01. The summed E-state index contributed by atoms with van der Waals surface area (Å²) in [6.07, 6.45) is 0. The second-order valence-corrected chi connectivity index (χ2v) is 8.51. The fraction of sp³-hybridized carbons (Fsp3) is 0.133. The number of halogens is 2. The first-order valence-corrected chi connectivity index (χ1v) is 11.8. The van der Waals surface area contributed by atoms with Gasteiger partial charge < -0.3 is 15.4 Å². The Bertz CT molecular complexity index is 1370. The van der Waals surface area contributed by atoms with Crippen molar-refractivity contribution in [2.45, 2.75) is 26.6 Å². The number of hydrogen-bond donors (Lipinski definition) is 2. The molecule has 0 saturated heterocycles. The fourth-order valence-corrected chi connectivity index (χ4v) is 3.79. The van der Waals surface area contributed by atoms with Crippen molar-refractivity contribution in [1.29, 1.82) is 0 Å². The van der Waals surface area contributed by atoms with Crippen molar-refractivity contribution >= 4 is 11.8 Å². The Morgan fingerprint density at radius 3 is 1.68 bits per heavy atom. The van der Waals surface area contributed by atoms with Gasteiger partial charge in [-0.2, -0.15) is 0 Å². The van der Waals surface area contributed by atoms with E-state index in [1.807, 2.05) is 30.3 Å². The Kier molecular flexibility index (Phi) is 8.26.